The number of hydrogen-bond acceptors (Lipinski definition) is 5. The van der Waals surface area contributed by atoms with Gasteiger partial charge in [-0.2, -0.15) is 6.61 Å². The Morgan fingerprint density at radius 1 is 1.43 bits per heavy atom. The molecule has 5 heteroatoms. The molecule has 2 rings (SSSR count). The molecule has 1 aliphatic heterocycles. The van der Waals surface area contributed by atoms with Gasteiger partial charge in [-0.05, 0) is 6.42 Å². The minimum absolute atomic E-state index is 0.243. The summed E-state index contributed by atoms with van der Waals surface area (Å²) >= 11 is 1.42. The molecule has 0 fully saturated rings. The molecule has 14 heavy (non-hydrogen) atoms. The van der Waals surface area contributed by atoms with Crippen molar-refractivity contribution in [1.82, 2.24) is 0 Å². The maximum absolute atomic E-state index is 11.0. The average Bonchev–Trinajstić information content (AvgIpc) is 2.62. The molecular formula is C9H10O4S-2. The van der Waals surface area contributed by atoms with E-state index < -0.39 is 12.7 Å². The monoisotopic (exact) mass is 214 g/mol. The van der Waals surface area contributed by atoms with Gasteiger partial charge in [-0.25, -0.2) is 0 Å². The molecule has 4 nitrogen and oxygen atoms in total. The highest BCUT2D eigenvalue weighted by atomic mass is 32.1. The van der Waals surface area contributed by atoms with Crippen LogP contribution in [0.25, 0.3) is 0 Å². The number of hydrogen-bond donors (Lipinski definition) is 0. The van der Waals surface area contributed by atoms with E-state index in [-0.39, 0.29) is 6.42 Å². The fourth-order valence-corrected chi connectivity index (χ4v) is 2.30. The Morgan fingerprint density at radius 2 is 2.21 bits per heavy atom. The van der Waals surface area contributed by atoms with E-state index in [0.717, 1.165) is 4.88 Å². The van der Waals surface area contributed by atoms with Crippen LogP contribution < -0.4 is 19.7 Å². The minimum atomic E-state index is -1.08. The van der Waals surface area contributed by atoms with Gasteiger partial charge < -0.3 is 19.7 Å². The summed E-state index contributed by atoms with van der Waals surface area (Å²) in [6.45, 7) is 0.469. The van der Waals surface area contributed by atoms with Crippen molar-refractivity contribution in [2.24, 2.45) is 0 Å². The van der Waals surface area contributed by atoms with Crippen LogP contribution in [-0.4, -0.2) is 25.9 Å². The lowest BCUT2D eigenvalue weighted by Gasteiger charge is -2.25. The zero-order valence-corrected chi connectivity index (χ0v) is 8.34. The standard InChI is InChI=1S/C9H10O4S/c10-4-6(11)3-8-9-7(5-14-8)12-1-2-13-9/h5-6H,1-4H2/q-2. The van der Waals surface area contributed by atoms with Gasteiger partial charge in [0.1, 0.15) is 13.2 Å². The predicted molar refractivity (Wildman–Crippen MR) is 47.7 cm³/mol. The van der Waals surface area contributed by atoms with Crippen LogP contribution >= 0.6 is 11.3 Å². The fraction of sp³-hybridized carbons (Fsp3) is 0.556. The quantitative estimate of drug-likeness (QED) is 0.657. The maximum Gasteiger partial charge on any atom is 0.175 e. The molecule has 0 saturated heterocycles. The van der Waals surface area contributed by atoms with Crippen molar-refractivity contribution in [3.8, 4) is 11.5 Å². The highest BCUT2D eigenvalue weighted by Crippen LogP contribution is 2.39. The Bertz CT molecular complexity index is 310. The van der Waals surface area contributed by atoms with Crippen LogP contribution in [0.1, 0.15) is 4.88 Å². The molecule has 1 aliphatic rings. The number of fused-ring (bicyclic) bond motifs is 1. The van der Waals surface area contributed by atoms with E-state index in [4.69, 9.17) is 9.47 Å². The van der Waals surface area contributed by atoms with Gasteiger partial charge in [0.15, 0.2) is 11.5 Å². The Kier molecular flexibility index (Phi) is 2.90. The van der Waals surface area contributed by atoms with Gasteiger partial charge in [-0.15, -0.1) is 17.4 Å². The molecule has 0 aliphatic carbocycles. The number of rotatable bonds is 3. The first-order valence-electron chi connectivity index (χ1n) is 4.41. The highest BCUT2D eigenvalue weighted by molar-refractivity contribution is 7.10. The molecule has 2 heterocycles. The Labute approximate surface area is 85.7 Å². The van der Waals surface area contributed by atoms with Crippen LogP contribution in [0.15, 0.2) is 5.38 Å². The Morgan fingerprint density at radius 3 is 3.00 bits per heavy atom. The van der Waals surface area contributed by atoms with Crippen molar-refractivity contribution in [1.29, 1.82) is 0 Å². The summed E-state index contributed by atoms with van der Waals surface area (Å²) in [5.41, 5.74) is 0. The summed E-state index contributed by atoms with van der Waals surface area (Å²) in [6, 6.07) is 0. The van der Waals surface area contributed by atoms with Gasteiger partial charge >= 0.3 is 0 Å². The van der Waals surface area contributed by atoms with Gasteiger partial charge in [0, 0.05) is 10.3 Å². The van der Waals surface area contributed by atoms with E-state index in [2.05, 4.69) is 0 Å². The molecule has 1 unspecified atom stereocenters. The van der Waals surface area contributed by atoms with Crippen LogP contribution in [0.2, 0.25) is 0 Å². The molecule has 0 spiro atoms. The second-order valence-corrected chi connectivity index (χ2v) is 4.01. The predicted octanol–water partition coefficient (Wildman–Crippen LogP) is -0.849. The van der Waals surface area contributed by atoms with Gasteiger partial charge in [0.25, 0.3) is 0 Å². The van der Waals surface area contributed by atoms with E-state index in [1.807, 2.05) is 5.38 Å². The molecule has 0 N–H and O–H groups in total. The van der Waals surface area contributed by atoms with E-state index >= 15 is 0 Å². The van der Waals surface area contributed by atoms with Crippen molar-refractivity contribution in [3.05, 3.63) is 10.3 Å². The molecule has 0 amide bonds. The van der Waals surface area contributed by atoms with Gasteiger partial charge in [0.05, 0.1) is 0 Å². The van der Waals surface area contributed by atoms with E-state index in [1.54, 1.807) is 0 Å². The van der Waals surface area contributed by atoms with Crippen molar-refractivity contribution < 1.29 is 19.7 Å². The van der Waals surface area contributed by atoms with Crippen molar-refractivity contribution in [2.75, 3.05) is 19.8 Å². The second-order valence-electron chi connectivity index (χ2n) is 3.04. The summed E-state index contributed by atoms with van der Waals surface area (Å²) < 4.78 is 10.7. The maximum atomic E-state index is 11.0. The topological polar surface area (TPSA) is 64.6 Å². The van der Waals surface area contributed by atoms with Crippen LogP contribution in [0.3, 0.4) is 0 Å². The first-order chi connectivity index (χ1) is 6.81. The molecule has 1 atom stereocenters. The van der Waals surface area contributed by atoms with Gasteiger partial charge in [-0.1, -0.05) is 0 Å². The van der Waals surface area contributed by atoms with Crippen LogP contribution in [0, 0.1) is 0 Å². The van der Waals surface area contributed by atoms with Crippen molar-refractivity contribution in [3.63, 3.8) is 0 Å². The zero-order chi connectivity index (χ0) is 9.97. The minimum Gasteiger partial charge on any atom is -0.855 e. The molecule has 78 valence electrons. The van der Waals surface area contributed by atoms with Crippen LogP contribution in [0.5, 0.6) is 11.5 Å². The highest BCUT2D eigenvalue weighted by Gasteiger charge is 2.17. The van der Waals surface area contributed by atoms with Crippen LogP contribution in [0.4, 0.5) is 0 Å². The lowest BCUT2D eigenvalue weighted by atomic mass is 10.2. The van der Waals surface area contributed by atoms with Crippen molar-refractivity contribution >= 4 is 11.3 Å². The molecule has 0 aromatic carbocycles. The molecule has 0 radical (unpaired) electrons. The van der Waals surface area contributed by atoms with E-state index in [0.29, 0.717) is 24.7 Å². The second kappa shape index (κ2) is 4.16. The smallest absolute Gasteiger partial charge is 0.175 e. The van der Waals surface area contributed by atoms with Crippen molar-refractivity contribution in [2.45, 2.75) is 12.5 Å². The Hall–Kier alpha value is -0.780. The van der Waals surface area contributed by atoms with E-state index in [1.165, 1.54) is 11.3 Å². The number of thiophene rings is 1. The SMILES string of the molecule is [O-]CC([O-])Cc1scc2c1OCCO2. The first-order valence-corrected chi connectivity index (χ1v) is 5.29. The lowest BCUT2D eigenvalue weighted by Crippen LogP contribution is -2.37. The molecule has 1 aromatic heterocycles. The summed E-state index contributed by atoms with van der Waals surface area (Å²) in [5, 5.41) is 23.2. The molecule has 0 bridgehead atoms. The average molecular weight is 214 g/mol. The largest absolute Gasteiger partial charge is 0.855 e. The molecule has 0 saturated carbocycles. The van der Waals surface area contributed by atoms with E-state index in [9.17, 15) is 10.2 Å². The Balaban J connectivity index is 2.14. The third-order valence-corrected chi connectivity index (χ3v) is 2.94. The molecular weight excluding hydrogens is 204 g/mol. The summed E-state index contributed by atoms with van der Waals surface area (Å²) in [6.07, 6.45) is -0.837. The third-order valence-electron chi connectivity index (χ3n) is 1.97. The van der Waals surface area contributed by atoms with Crippen LogP contribution in [-0.2, 0) is 6.42 Å². The summed E-state index contributed by atoms with van der Waals surface area (Å²) in [4.78, 5) is 0.829. The summed E-state index contributed by atoms with van der Waals surface area (Å²) in [7, 11) is 0. The third kappa shape index (κ3) is 1.84. The zero-order valence-electron chi connectivity index (χ0n) is 7.52. The van der Waals surface area contributed by atoms with Gasteiger partial charge in [0.2, 0.25) is 0 Å². The lowest BCUT2D eigenvalue weighted by molar-refractivity contribution is -0.492. The number of ether oxygens (including phenoxy) is 2. The van der Waals surface area contributed by atoms with Gasteiger partial charge in [-0.3, -0.25) is 0 Å². The normalized spacial score (nSPS) is 16.7. The summed E-state index contributed by atoms with van der Waals surface area (Å²) in [5.74, 6) is 1.37. The fourth-order valence-electron chi connectivity index (χ4n) is 1.32. The first kappa shape index (κ1) is 9.76. The molecule has 1 aromatic rings.